The molecule has 0 N–H and O–H groups in total. The van der Waals surface area contributed by atoms with Gasteiger partial charge >= 0.3 is 0 Å². The monoisotopic (exact) mass is 759 g/mol. The SMILES string of the molecule is c1ccc(N(c2ccc(-c3ccc4c5ccccc5n(-c5ccccc5)c4c3)cc2)c2ccc3c(c2)sc2cccc(N(c4ccccc4)c4ccccc4)c23)cc1. The van der Waals surface area contributed by atoms with Gasteiger partial charge in [0.25, 0.3) is 0 Å². The van der Waals surface area contributed by atoms with Gasteiger partial charge in [0.2, 0.25) is 0 Å². The zero-order valence-electron chi connectivity index (χ0n) is 31.6. The molecule has 4 heteroatoms. The molecular weight excluding hydrogens is 723 g/mol. The minimum atomic E-state index is 1.11. The second-order valence-electron chi connectivity index (χ2n) is 14.6. The Balaban J connectivity index is 1.01. The molecule has 9 aromatic carbocycles. The molecule has 0 aliphatic heterocycles. The van der Waals surface area contributed by atoms with Gasteiger partial charge < -0.3 is 14.4 Å². The first-order valence-corrected chi connectivity index (χ1v) is 20.5. The van der Waals surface area contributed by atoms with Crippen molar-refractivity contribution in [1.29, 1.82) is 0 Å². The molecule has 274 valence electrons. The number of aromatic nitrogens is 1. The second-order valence-corrected chi connectivity index (χ2v) is 15.7. The predicted molar refractivity (Wildman–Crippen MR) is 248 cm³/mol. The van der Waals surface area contributed by atoms with Crippen LogP contribution in [0, 0.1) is 0 Å². The third-order valence-electron chi connectivity index (χ3n) is 11.1. The fourth-order valence-corrected chi connectivity index (χ4v) is 9.69. The molecule has 0 atom stereocenters. The van der Waals surface area contributed by atoms with E-state index in [9.17, 15) is 0 Å². The molecule has 0 spiro atoms. The number of nitrogens with zero attached hydrogens (tertiary/aromatic N) is 3. The summed E-state index contributed by atoms with van der Waals surface area (Å²) in [5, 5.41) is 5.04. The number of hydrogen-bond donors (Lipinski definition) is 0. The van der Waals surface area contributed by atoms with Crippen LogP contribution < -0.4 is 9.80 Å². The fourth-order valence-electron chi connectivity index (χ4n) is 8.54. The minimum absolute atomic E-state index is 1.11. The van der Waals surface area contributed by atoms with E-state index in [-0.39, 0.29) is 0 Å². The van der Waals surface area contributed by atoms with Crippen LogP contribution in [0.15, 0.2) is 224 Å². The topological polar surface area (TPSA) is 11.4 Å². The van der Waals surface area contributed by atoms with E-state index in [1.165, 1.54) is 58.8 Å². The quantitative estimate of drug-likeness (QED) is 0.153. The van der Waals surface area contributed by atoms with Crippen LogP contribution >= 0.6 is 11.3 Å². The van der Waals surface area contributed by atoms with Crippen LogP contribution in [-0.4, -0.2) is 4.57 Å². The van der Waals surface area contributed by atoms with E-state index in [0.29, 0.717) is 0 Å². The number of anilines is 6. The van der Waals surface area contributed by atoms with Gasteiger partial charge in [-0.25, -0.2) is 0 Å². The lowest BCUT2D eigenvalue weighted by Crippen LogP contribution is -2.10. The van der Waals surface area contributed by atoms with Gasteiger partial charge in [-0.3, -0.25) is 0 Å². The average molecular weight is 760 g/mol. The van der Waals surface area contributed by atoms with E-state index < -0.39 is 0 Å². The largest absolute Gasteiger partial charge is 0.310 e. The van der Waals surface area contributed by atoms with Crippen molar-refractivity contribution in [3.63, 3.8) is 0 Å². The lowest BCUT2D eigenvalue weighted by atomic mass is 10.0. The standard InChI is InChI=1S/C54H37N3S/c1-5-16-40(17-6-1)55(44-31-28-38(29-32-44)39-30-34-47-46-24-13-14-25-49(46)57(51(47)36-39)43-22-11-4-12-23-43)45-33-35-48-53(37-45)58-52-27-15-26-50(54(48)52)56(41-18-7-2-8-19-41)42-20-9-3-10-21-42/h1-37H. The van der Waals surface area contributed by atoms with E-state index in [4.69, 9.17) is 0 Å². The Morgan fingerprint density at radius 2 is 0.862 bits per heavy atom. The van der Waals surface area contributed by atoms with Gasteiger partial charge in [0.15, 0.2) is 0 Å². The molecule has 0 aliphatic rings. The maximum Gasteiger partial charge on any atom is 0.0554 e. The van der Waals surface area contributed by atoms with Crippen molar-refractivity contribution in [2.24, 2.45) is 0 Å². The Morgan fingerprint density at radius 3 is 1.55 bits per heavy atom. The summed E-state index contributed by atoms with van der Waals surface area (Å²) in [6.07, 6.45) is 0. The molecular formula is C54H37N3S. The number of para-hydroxylation sites is 5. The summed E-state index contributed by atoms with van der Waals surface area (Å²) in [5.41, 5.74) is 12.7. The van der Waals surface area contributed by atoms with E-state index >= 15 is 0 Å². The maximum absolute atomic E-state index is 2.38. The highest BCUT2D eigenvalue weighted by atomic mass is 32.1. The first-order valence-electron chi connectivity index (χ1n) is 19.7. The number of benzene rings is 9. The molecule has 11 rings (SSSR count). The molecule has 0 radical (unpaired) electrons. The maximum atomic E-state index is 2.38. The van der Waals surface area contributed by atoms with Crippen molar-refractivity contribution < 1.29 is 0 Å². The number of rotatable bonds is 8. The molecule has 2 heterocycles. The summed E-state index contributed by atoms with van der Waals surface area (Å²) < 4.78 is 4.90. The first-order chi connectivity index (χ1) is 28.8. The van der Waals surface area contributed by atoms with Crippen LogP contribution in [0.4, 0.5) is 34.1 Å². The zero-order chi connectivity index (χ0) is 38.4. The highest BCUT2D eigenvalue weighted by molar-refractivity contribution is 7.26. The normalized spacial score (nSPS) is 11.4. The summed E-state index contributed by atoms with van der Waals surface area (Å²) in [7, 11) is 0. The number of thiophene rings is 1. The van der Waals surface area contributed by atoms with Gasteiger partial charge in [0.05, 0.1) is 16.7 Å². The molecule has 0 fully saturated rings. The van der Waals surface area contributed by atoms with Crippen LogP contribution in [-0.2, 0) is 0 Å². The summed E-state index contributed by atoms with van der Waals surface area (Å²) in [6.45, 7) is 0. The van der Waals surface area contributed by atoms with Gasteiger partial charge in [-0.1, -0.05) is 127 Å². The summed E-state index contributed by atoms with van der Waals surface area (Å²) >= 11 is 1.85. The van der Waals surface area contributed by atoms with Gasteiger partial charge in [-0.15, -0.1) is 11.3 Å². The number of hydrogen-bond acceptors (Lipinski definition) is 3. The second kappa shape index (κ2) is 14.3. The zero-order valence-corrected chi connectivity index (χ0v) is 32.4. The Kier molecular flexibility index (Phi) is 8.34. The minimum Gasteiger partial charge on any atom is -0.310 e. The average Bonchev–Trinajstić information content (AvgIpc) is 3.84. The first kappa shape index (κ1) is 33.9. The predicted octanol–water partition coefficient (Wildman–Crippen LogP) is 15.8. The Hall–Kier alpha value is -7.40. The lowest BCUT2D eigenvalue weighted by molar-refractivity contribution is 1.18. The van der Waals surface area contributed by atoms with Crippen molar-refractivity contribution in [2.45, 2.75) is 0 Å². The molecule has 3 nitrogen and oxygen atoms in total. The molecule has 0 saturated carbocycles. The Labute approximate surface area is 341 Å². The van der Waals surface area contributed by atoms with Gasteiger partial charge in [-0.2, -0.15) is 0 Å². The smallest absolute Gasteiger partial charge is 0.0554 e. The van der Waals surface area contributed by atoms with E-state index in [2.05, 4.69) is 239 Å². The van der Waals surface area contributed by atoms with Crippen LogP contribution in [0.1, 0.15) is 0 Å². The van der Waals surface area contributed by atoms with Crippen molar-refractivity contribution >= 4 is 87.4 Å². The van der Waals surface area contributed by atoms with Crippen molar-refractivity contribution in [3.05, 3.63) is 224 Å². The highest BCUT2D eigenvalue weighted by Crippen LogP contribution is 2.47. The van der Waals surface area contributed by atoms with Crippen molar-refractivity contribution in [2.75, 3.05) is 9.80 Å². The molecule has 58 heavy (non-hydrogen) atoms. The molecule has 0 unspecified atom stereocenters. The Morgan fingerprint density at radius 1 is 0.328 bits per heavy atom. The van der Waals surface area contributed by atoms with Crippen LogP contribution in [0.2, 0.25) is 0 Å². The van der Waals surface area contributed by atoms with Crippen LogP contribution in [0.25, 0.3) is 58.8 Å². The van der Waals surface area contributed by atoms with Crippen LogP contribution in [0.3, 0.4) is 0 Å². The third kappa shape index (κ3) is 5.82. The molecule has 11 aromatic rings. The highest BCUT2D eigenvalue weighted by Gasteiger charge is 2.20. The van der Waals surface area contributed by atoms with Gasteiger partial charge in [-0.05, 0) is 108 Å². The van der Waals surface area contributed by atoms with Crippen molar-refractivity contribution in [3.8, 4) is 16.8 Å². The molecule has 2 aromatic heterocycles. The third-order valence-corrected chi connectivity index (χ3v) is 12.3. The summed E-state index contributed by atoms with van der Waals surface area (Å²) in [4.78, 5) is 4.74. The molecule has 0 aliphatic carbocycles. The Bertz CT molecular complexity index is 3170. The lowest BCUT2D eigenvalue weighted by Gasteiger charge is -2.26. The molecule has 0 saturated heterocycles. The molecule has 0 bridgehead atoms. The molecule has 0 amide bonds. The van der Waals surface area contributed by atoms with E-state index in [0.717, 1.165) is 34.1 Å². The van der Waals surface area contributed by atoms with Crippen LogP contribution in [0.5, 0.6) is 0 Å². The number of fused-ring (bicyclic) bond motifs is 6. The fraction of sp³-hybridized carbons (Fsp3) is 0. The summed E-state index contributed by atoms with van der Waals surface area (Å²) in [6, 6.07) is 80.9. The van der Waals surface area contributed by atoms with E-state index in [1.54, 1.807) is 0 Å². The van der Waals surface area contributed by atoms with Crippen molar-refractivity contribution in [1.82, 2.24) is 4.57 Å². The summed E-state index contributed by atoms with van der Waals surface area (Å²) in [5.74, 6) is 0. The van der Waals surface area contributed by atoms with Gasteiger partial charge in [0, 0.05) is 65.1 Å². The van der Waals surface area contributed by atoms with E-state index in [1.807, 2.05) is 11.3 Å². The van der Waals surface area contributed by atoms with Gasteiger partial charge in [0.1, 0.15) is 0 Å².